The van der Waals surface area contributed by atoms with Crippen molar-refractivity contribution in [2.75, 3.05) is 6.61 Å². The van der Waals surface area contributed by atoms with E-state index in [1.165, 1.54) is 18.3 Å². The fraction of sp³-hybridized carbons (Fsp3) is 0.208. The highest BCUT2D eigenvalue weighted by Crippen LogP contribution is 2.42. The number of carbonyl (C=O) groups is 2. The average molecular weight is 490 g/mol. The van der Waals surface area contributed by atoms with Gasteiger partial charge in [-0.25, -0.2) is 9.78 Å². The van der Waals surface area contributed by atoms with Crippen LogP contribution in [0.4, 0.5) is 13.2 Å². The van der Waals surface area contributed by atoms with Gasteiger partial charge in [0.2, 0.25) is 0 Å². The van der Waals surface area contributed by atoms with Gasteiger partial charge in [-0.1, -0.05) is 37.3 Å². The number of halogens is 3. The summed E-state index contributed by atoms with van der Waals surface area (Å²) >= 11 is 2.11. The first-order valence-electron chi connectivity index (χ1n) is 10.0. The Morgan fingerprint density at radius 3 is 2.45 bits per heavy atom. The van der Waals surface area contributed by atoms with E-state index >= 15 is 0 Å². The van der Waals surface area contributed by atoms with Gasteiger partial charge in [0.1, 0.15) is 9.71 Å². The highest BCUT2D eigenvalue weighted by Gasteiger charge is 2.36. The predicted octanol–water partition coefficient (Wildman–Crippen LogP) is 6.95. The lowest BCUT2D eigenvalue weighted by Crippen LogP contribution is -2.14. The molecule has 0 bridgehead atoms. The van der Waals surface area contributed by atoms with Crippen molar-refractivity contribution in [1.82, 2.24) is 4.98 Å². The zero-order valence-corrected chi connectivity index (χ0v) is 19.3. The molecular formula is C24H18F3NO3S2. The number of pyridine rings is 1. The molecule has 0 fully saturated rings. The summed E-state index contributed by atoms with van der Waals surface area (Å²) in [5, 5.41) is 1.63. The van der Waals surface area contributed by atoms with E-state index in [0.29, 0.717) is 10.4 Å². The van der Waals surface area contributed by atoms with Crippen LogP contribution in [0.3, 0.4) is 0 Å². The van der Waals surface area contributed by atoms with Gasteiger partial charge in [0.15, 0.2) is 12.4 Å². The van der Waals surface area contributed by atoms with E-state index in [2.05, 4.69) is 4.98 Å². The Morgan fingerprint density at radius 2 is 1.85 bits per heavy atom. The first-order valence-corrected chi connectivity index (χ1v) is 11.7. The zero-order valence-electron chi connectivity index (χ0n) is 17.7. The van der Waals surface area contributed by atoms with Crippen molar-refractivity contribution in [3.63, 3.8) is 0 Å². The summed E-state index contributed by atoms with van der Waals surface area (Å²) in [5.41, 5.74) is 0.943. The molecule has 3 aromatic heterocycles. The van der Waals surface area contributed by atoms with E-state index in [1.54, 1.807) is 29.6 Å². The van der Waals surface area contributed by atoms with Crippen LogP contribution in [0.1, 0.15) is 43.6 Å². The summed E-state index contributed by atoms with van der Waals surface area (Å²) in [6, 6.07) is 11.4. The number of Topliss-reactive ketones (excluding diaryl/α,β-unsaturated/α-hetero) is 1. The van der Waals surface area contributed by atoms with Crippen LogP contribution in [0.2, 0.25) is 0 Å². The number of thiophene rings is 2. The second-order valence-corrected chi connectivity index (χ2v) is 9.26. The van der Waals surface area contributed by atoms with E-state index < -0.39 is 24.3 Å². The summed E-state index contributed by atoms with van der Waals surface area (Å²) < 4.78 is 46.7. The Balaban J connectivity index is 1.64. The molecular weight excluding hydrogens is 471 g/mol. The minimum absolute atomic E-state index is 0.000426. The Hall–Kier alpha value is -3.04. The predicted molar refractivity (Wildman–Crippen MR) is 123 cm³/mol. The molecule has 9 heteroatoms. The highest BCUT2D eigenvalue weighted by molar-refractivity contribution is 7.20. The Bertz CT molecular complexity index is 1320. The molecule has 0 saturated heterocycles. The SMILES string of the molecule is CCc1ccc(C(=O)COC(=O)c2sc3nc(-c4cccs4)cc(C(F)(F)F)c3c2C)cc1. The van der Waals surface area contributed by atoms with Crippen molar-refractivity contribution in [2.45, 2.75) is 26.4 Å². The largest absolute Gasteiger partial charge is 0.453 e. The molecule has 0 aliphatic carbocycles. The van der Waals surface area contributed by atoms with Crippen molar-refractivity contribution < 1.29 is 27.5 Å². The molecule has 0 amide bonds. The van der Waals surface area contributed by atoms with Crippen molar-refractivity contribution in [1.29, 1.82) is 0 Å². The van der Waals surface area contributed by atoms with Gasteiger partial charge in [-0.3, -0.25) is 4.79 Å². The molecule has 0 N–H and O–H groups in total. The number of alkyl halides is 3. The number of aromatic nitrogens is 1. The molecule has 0 aliphatic rings. The quantitative estimate of drug-likeness (QED) is 0.217. The van der Waals surface area contributed by atoms with E-state index in [9.17, 15) is 22.8 Å². The number of hydrogen-bond donors (Lipinski definition) is 0. The van der Waals surface area contributed by atoms with Gasteiger partial charge in [-0.05, 0) is 42.0 Å². The third kappa shape index (κ3) is 4.69. The number of rotatable bonds is 6. The summed E-state index contributed by atoms with van der Waals surface area (Å²) in [6.45, 7) is 2.93. The molecule has 0 saturated carbocycles. The van der Waals surface area contributed by atoms with Gasteiger partial charge in [-0.2, -0.15) is 13.2 Å². The fourth-order valence-electron chi connectivity index (χ4n) is 3.42. The molecule has 0 spiro atoms. The Kier molecular flexibility index (Phi) is 6.36. The standard InChI is InChI=1S/C24H18F3NO3S2/c1-3-14-6-8-15(9-7-14)18(29)12-31-23(30)21-13(2)20-16(24(25,26)27)11-17(28-22(20)33-21)19-5-4-10-32-19/h4-11H,3,12H2,1-2H3. The summed E-state index contributed by atoms with van der Waals surface area (Å²) in [7, 11) is 0. The number of fused-ring (bicyclic) bond motifs is 1. The molecule has 0 atom stereocenters. The van der Waals surface area contributed by atoms with Crippen LogP contribution < -0.4 is 0 Å². The molecule has 170 valence electrons. The molecule has 4 aromatic rings. The zero-order chi connectivity index (χ0) is 23.8. The highest BCUT2D eigenvalue weighted by atomic mass is 32.1. The van der Waals surface area contributed by atoms with E-state index in [4.69, 9.17) is 4.74 Å². The third-order valence-corrected chi connectivity index (χ3v) is 7.24. The van der Waals surface area contributed by atoms with Gasteiger partial charge >= 0.3 is 12.1 Å². The summed E-state index contributed by atoms with van der Waals surface area (Å²) in [6.07, 6.45) is -3.79. The van der Waals surface area contributed by atoms with Gasteiger partial charge in [0.25, 0.3) is 0 Å². The Labute approximate surface area is 195 Å². The lowest BCUT2D eigenvalue weighted by atomic mass is 10.1. The smallest absolute Gasteiger partial charge is 0.417 e. The van der Waals surface area contributed by atoms with Crippen LogP contribution in [0.15, 0.2) is 47.8 Å². The number of aryl methyl sites for hydroxylation is 2. The average Bonchev–Trinajstić information content (AvgIpc) is 3.44. The monoisotopic (exact) mass is 489 g/mol. The topological polar surface area (TPSA) is 56.3 Å². The summed E-state index contributed by atoms with van der Waals surface area (Å²) in [5.74, 6) is -1.24. The van der Waals surface area contributed by atoms with Crippen molar-refractivity contribution >= 4 is 44.6 Å². The van der Waals surface area contributed by atoms with Gasteiger partial charge in [-0.15, -0.1) is 22.7 Å². The summed E-state index contributed by atoms with van der Waals surface area (Å²) in [4.78, 5) is 30.1. The minimum Gasteiger partial charge on any atom is -0.453 e. The Morgan fingerprint density at radius 1 is 1.12 bits per heavy atom. The maximum atomic E-state index is 13.8. The molecule has 33 heavy (non-hydrogen) atoms. The van der Waals surface area contributed by atoms with E-state index in [0.717, 1.165) is 29.4 Å². The van der Waals surface area contributed by atoms with Gasteiger partial charge in [0.05, 0.1) is 16.1 Å². The first-order chi connectivity index (χ1) is 15.7. The number of nitrogens with zero attached hydrogens (tertiary/aromatic N) is 1. The van der Waals surface area contributed by atoms with E-state index in [-0.39, 0.29) is 32.1 Å². The maximum Gasteiger partial charge on any atom is 0.417 e. The van der Waals surface area contributed by atoms with Crippen molar-refractivity contribution in [2.24, 2.45) is 0 Å². The molecule has 4 rings (SSSR count). The van der Waals surface area contributed by atoms with Crippen LogP contribution in [0.25, 0.3) is 20.8 Å². The number of ether oxygens (including phenoxy) is 1. The molecule has 3 heterocycles. The van der Waals surface area contributed by atoms with Crippen LogP contribution >= 0.6 is 22.7 Å². The molecule has 4 nitrogen and oxygen atoms in total. The van der Waals surface area contributed by atoms with Crippen molar-refractivity contribution in [3.05, 3.63) is 75.0 Å². The number of hydrogen-bond acceptors (Lipinski definition) is 6. The molecule has 1 aromatic carbocycles. The second kappa shape index (κ2) is 9.07. The van der Waals surface area contributed by atoms with Crippen LogP contribution in [0.5, 0.6) is 0 Å². The van der Waals surface area contributed by atoms with Crippen molar-refractivity contribution in [3.8, 4) is 10.6 Å². The molecule has 0 radical (unpaired) electrons. The van der Waals surface area contributed by atoms with Crippen LogP contribution in [0, 0.1) is 6.92 Å². The number of esters is 1. The fourth-order valence-corrected chi connectivity index (χ4v) is 5.21. The first kappa shape index (κ1) is 23.1. The number of benzene rings is 1. The number of ketones is 1. The van der Waals surface area contributed by atoms with Crippen LogP contribution in [-0.4, -0.2) is 23.3 Å². The lowest BCUT2D eigenvalue weighted by molar-refractivity contribution is -0.136. The van der Waals surface area contributed by atoms with Crippen LogP contribution in [-0.2, 0) is 17.3 Å². The minimum atomic E-state index is -4.62. The molecule has 0 aliphatic heterocycles. The lowest BCUT2D eigenvalue weighted by Gasteiger charge is -2.10. The number of carbonyl (C=O) groups excluding carboxylic acids is 2. The maximum absolute atomic E-state index is 13.8. The third-order valence-electron chi connectivity index (χ3n) is 5.18. The van der Waals surface area contributed by atoms with Gasteiger partial charge in [0, 0.05) is 10.9 Å². The van der Waals surface area contributed by atoms with E-state index in [1.807, 2.05) is 19.1 Å². The van der Waals surface area contributed by atoms with Gasteiger partial charge < -0.3 is 4.74 Å². The normalized spacial score (nSPS) is 11.7. The molecule has 0 unspecified atom stereocenters. The second-order valence-electron chi connectivity index (χ2n) is 7.32.